The van der Waals surface area contributed by atoms with Crippen molar-refractivity contribution in [2.75, 3.05) is 6.54 Å². The van der Waals surface area contributed by atoms with Crippen molar-refractivity contribution in [3.8, 4) is 0 Å². The lowest BCUT2D eigenvalue weighted by atomic mass is 9.84. The summed E-state index contributed by atoms with van der Waals surface area (Å²) in [6, 6.07) is 23.1. The van der Waals surface area contributed by atoms with Crippen molar-refractivity contribution in [1.29, 1.82) is 0 Å². The van der Waals surface area contributed by atoms with Crippen LogP contribution in [0.2, 0.25) is 0 Å². The number of amides is 1. The number of carbonyl (C=O) groups is 2. The quantitative estimate of drug-likeness (QED) is 0.520. The van der Waals surface area contributed by atoms with Gasteiger partial charge in [-0.3, -0.25) is 9.59 Å². The van der Waals surface area contributed by atoms with E-state index in [4.69, 9.17) is 0 Å². The van der Waals surface area contributed by atoms with Crippen LogP contribution in [0.25, 0.3) is 0 Å². The number of hydrogen-bond acceptors (Lipinski definition) is 2. The van der Waals surface area contributed by atoms with Gasteiger partial charge in [0.1, 0.15) is 5.82 Å². The SMILES string of the molecule is O=C(C(=O)N1Cc2ccccc2C(c2ccccc2)C1)c1ccc(F)cc1. The third-order valence-electron chi connectivity index (χ3n) is 4.98. The summed E-state index contributed by atoms with van der Waals surface area (Å²) in [5.74, 6) is -1.59. The zero-order valence-corrected chi connectivity index (χ0v) is 14.6. The van der Waals surface area contributed by atoms with Crippen LogP contribution >= 0.6 is 0 Å². The van der Waals surface area contributed by atoms with Crippen molar-refractivity contribution in [2.24, 2.45) is 0 Å². The van der Waals surface area contributed by atoms with E-state index in [1.165, 1.54) is 29.8 Å². The van der Waals surface area contributed by atoms with Gasteiger partial charge in [0, 0.05) is 24.6 Å². The first-order valence-electron chi connectivity index (χ1n) is 8.85. The highest BCUT2D eigenvalue weighted by atomic mass is 19.1. The predicted molar refractivity (Wildman–Crippen MR) is 101 cm³/mol. The molecule has 4 heteroatoms. The number of rotatable bonds is 3. The monoisotopic (exact) mass is 359 g/mol. The van der Waals surface area contributed by atoms with Crippen LogP contribution in [-0.2, 0) is 11.3 Å². The molecule has 1 amide bonds. The molecule has 4 rings (SSSR count). The van der Waals surface area contributed by atoms with Crippen molar-refractivity contribution >= 4 is 11.7 Å². The maximum absolute atomic E-state index is 13.1. The van der Waals surface area contributed by atoms with Gasteiger partial charge in [-0.2, -0.15) is 0 Å². The molecular weight excluding hydrogens is 341 g/mol. The van der Waals surface area contributed by atoms with Crippen LogP contribution in [0.1, 0.15) is 33.0 Å². The molecule has 0 spiro atoms. The highest BCUT2D eigenvalue weighted by Crippen LogP contribution is 2.33. The van der Waals surface area contributed by atoms with E-state index in [9.17, 15) is 14.0 Å². The topological polar surface area (TPSA) is 37.4 Å². The average Bonchev–Trinajstić information content (AvgIpc) is 2.73. The van der Waals surface area contributed by atoms with E-state index in [0.29, 0.717) is 13.1 Å². The smallest absolute Gasteiger partial charge is 0.295 e. The zero-order valence-electron chi connectivity index (χ0n) is 14.6. The van der Waals surface area contributed by atoms with Crippen molar-refractivity contribution in [2.45, 2.75) is 12.5 Å². The number of Topliss-reactive ketones (excluding diaryl/α,β-unsaturated/α-hetero) is 1. The minimum atomic E-state index is -0.610. The summed E-state index contributed by atoms with van der Waals surface area (Å²) in [5.41, 5.74) is 3.54. The molecule has 1 heterocycles. The lowest BCUT2D eigenvalue weighted by Gasteiger charge is -2.34. The number of ketones is 1. The number of carbonyl (C=O) groups excluding carboxylic acids is 2. The first-order chi connectivity index (χ1) is 13.1. The summed E-state index contributed by atoms with van der Waals surface area (Å²) < 4.78 is 13.1. The third-order valence-corrected chi connectivity index (χ3v) is 4.98. The van der Waals surface area contributed by atoms with Gasteiger partial charge in [0.15, 0.2) is 0 Å². The maximum atomic E-state index is 13.1. The van der Waals surface area contributed by atoms with Crippen LogP contribution in [0, 0.1) is 5.82 Å². The number of fused-ring (bicyclic) bond motifs is 1. The molecule has 1 atom stereocenters. The Hall–Kier alpha value is -3.27. The molecule has 1 aliphatic rings. The molecule has 0 aromatic heterocycles. The van der Waals surface area contributed by atoms with Gasteiger partial charge in [0.25, 0.3) is 5.91 Å². The second-order valence-electron chi connectivity index (χ2n) is 6.68. The van der Waals surface area contributed by atoms with Crippen LogP contribution in [0.15, 0.2) is 78.9 Å². The van der Waals surface area contributed by atoms with Crippen molar-refractivity contribution in [3.63, 3.8) is 0 Å². The summed E-state index contributed by atoms with van der Waals surface area (Å²) in [7, 11) is 0. The molecule has 1 aliphatic heterocycles. The first kappa shape index (κ1) is 17.2. The number of halogens is 1. The van der Waals surface area contributed by atoms with Gasteiger partial charge in [0.2, 0.25) is 5.78 Å². The van der Waals surface area contributed by atoms with Crippen LogP contribution < -0.4 is 0 Å². The fourth-order valence-electron chi connectivity index (χ4n) is 3.60. The Morgan fingerprint density at radius 2 is 1.52 bits per heavy atom. The first-order valence-corrected chi connectivity index (χ1v) is 8.85. The van der Waals surface area contributed by atoms with E-state index in [1.807, 2.05) is 48.5 Å². The van der Waals surface area contributed by atoms with E-state index < -0.39 is 17.5 Å². The van der Waals surface area contributed by atoms with Crippen LogP contribution in [0.5, 0.6) is 0 Å². The molecule has 0 radical (unpaired) electrons. The van der Waals surface area contributed by atoms with Gasteiger partial charge >= 0.3 is 0 Å². The summed E-state index contributed by atoms with van der Waals surface area (Å²) >= 11 is 0. The van der Waals surface area contributed by atoms with Crippen molar-refractivity contribution < 1.29 is 14.0 Å². The van der Waals surface area contributed by atoms with Gasteiger partial charge in [-0.05, 0) is 41.0 Å². The third kappa shape index (κ3) is 3.38. The Balaban J connectivity index is 1.65. The highest BCUT2D eigenvalue weighted by molar-refractivity contribution is 6.42. The molecule has 0 N–H and O–H groups in total. The Labute approximate surface area is 157 Å². The summed E-state index contributed by atoms with van der Waals surface area (Å²) in [6.07, 6.45) is 0. The number of benzene rings is 3. The lowest BCUT2D eigenvalue weighted by Crippen LogP contribution is -2.42. The molecule has 27 heavy (non-hydrogen) atoms. The Bertz CT molecular complexity index is 983. The molecule has 0 fully saturated rings. The normalized spacial score (nSPS) is 15.9. The molecule has 0 saturated carbocycles. The minimum absolute atomic E-state index is 0.0149. The molecule has 3 aromatic rings. The molecule has 1 unspecified atom stereocenters. The summed E-state index contributed by atoms with van der Waals surface area (Å²) in [6.45, 7) is 0.831. The van der Waals surface area contributed by atoms with Crippen LogP contribution in [0.4, 0.5) is 4.39 Å². The number of nitrogens with zero attached hydrogens (tertiary/aromatic N) is 1. The minimum Gasteiger partial charge on any atom is -0.331 e. The van der Waals surface area contributed by atoms with Gasteiger partial charge in [0.05, 0.1) is 0 Å². The molecule has 0 bridgehead atoms. The van der Waals surface area contributed by atoms with Gasteiger partial charge in [-0.25, -0.2) is 4.39 Å². The molecule has 0 aliphatic carbocycles. The Morgan fingerprint density at radius 3 is 2.26 bits per heavy atom. The Morgan fingerprint density at radius 1 is 0.852 bits per heavy atom. The fourth-order valence-corrected chi connectivity index (χ4v) is 3.60. The largest absolute Gasteiger partial charge is 0.331 e. The van der Waals surface area contributed by atoms with Gasteiger partial charge in [-0.1, -0.05) is 54.6 Å². The molecular formula is C23H18FNO2. The summed E-state index contributed by atoms with van der Waals surface area (Å²) in [4.78, 5) is 27.0. The van der Waals surface area contributed by atoms with E-state index >= 15 is 0 Å². The zero-order chi connectivity index (χ0) is 18.8. The average molecular weight is 359 g/mol. The number of hydrogen-bond donors (Lipinski definition) is 0. The Kier molecular flexibility index (Phi) is 4.55. The van der Waals surface area contributed by atoms with E-state index in [-0.39, 0.29) is 11.5 Å². The molecule has 0 saturated heterocycles. The van der Waals surface area contributed by atoms with E-state index in [2.05, 4.69) is 6.07 Å². The van der Waals surface area contributed by atoms with Gasteiger partial charge < -0.3 is 4.90 Å². The highest BCUT2D eigenvalue weighted by Gasteiger charge is 2.32. The predicted octanol–water partition coefficient (Wildman–Crippen LogP) is 4.18. The van der Waals surface area contributed by atoms with Crippen LogP contribution in [0.3, 0.4) is 0 Å². The van der Waals surface area contributed by atoms with Crippen LogP contribution in [-0.4, -0.2) is 23.1 Å². The second-order valence-corrected chi connectivity index (χ2v) is 6.68. The standard InChI is InChI=1S/C23H18FNO2/c24-19-12-10-17(11-13-19)22(26)23(27)25-14-18-8-4-5-9-20(18)21(15-25)16-6-2-1-3-7-16/h1-13,21H,14-15H2. The van der Waals surface area contributed by atoms with Crippen molar-refractivity contribution in [1.82, 2.24) is 4.90 Å². The van der Waals surface area contributed by atoms with Crippen molar-refractivity contribution in [3.05, 3.63) is 107 Å². The second kappa shape index (κ2) is 7.16. The van der Waals surface area contributed by atoms with E-state index in [0.717, 1.165) is 11.1 Å². The maximum Gasteiger partial charge on any atom is 0.295 e. The summed E-state index contributed by atoms with van der Waals surface area (Å²) in [5, 5.41) is 0. The molecule has 3 aromatic carbocycles. The molecule has 3 nitrogen and oxygen atoms in total. The molecule has 134 valence electrons. The van der Waals surface area contributed by atoms with Gasteiger partial charge in [-0.15, -0.1) is 0 Å². The lowest BCUT2D eigenvalue weighted by molar-refractivity contribution is -0.127. The fraction of sp³-hybridized carbons (Fsp3) is 0.130. The van der Waals surface area contributed by atoms with E-state index in [1.54, 1.807) is 4.90 Å².